The molecule has 0 aromatic carbocycles. The van der Waals surface area contributed by atoms with E-state index in [1.807, 2.05) is 19.5 Å². The number of hydrogen-bond donors (Lipinski definition) is 1. The van der Waals surface area contributed by atoms with E-state index in [2.05, 4.69) is 88.0 Å². The first kappa shape index (κ1) is 39.9. The van der Waals surface area contributed by atoms with Gasteiger partial charge in [0.05, 0.1) is 25.4 Å². The van der Waals surface area contributed by atoms with E-state index in [0.717, 1.165) is 31.9 Å². The molecule has 0 radical (unpaired) electrons. The van der Waals surface area contributed by atoms with E-state index in [1.54, 1.807) is 6.92 Å². The van der Waals surface area contributed by atoms with Crippen LogP contribution in [0.2, 0.25) is 71.5 Å². The molecular weight excluding hydrogens is 619 g/mol. The molecule has 0 saturated carbocycles. The number of unbranched alkanes of at least 4 members (excludes halogenated alkanes) is 1. The lowest BCUT2D eigenvalue weighted by molar-refractivity contribution is -0.697. The van der Waals surface area contributed by atoms with Crippen LogP contribution in [-0.4, -0.2) is 86.3 Å². The average Bonchev–Trinajstić information content (AvgIpc) is 2.79. The fraction of sp³-hybridized carbons (Fsp3) is 0.821. The summed E-state index contributed by atoms with van der Waals surface area (Å²) in [6.07, 6.45) is 6.34. The maximum Gasteiger partial charge on any atom is 0.479 e. The van der Waals surface area contributed by atoms with Crippen LogP contribution in [-0.2, 0) is 36.9 Å². The van der Waals surface area contributed by atoms with Gasteiger partial charge >= 0.3 is 25.9 Å². The average molecular weight is 681 g/mol. The van der Waals surface area contributed by atoms with Crippen molar-refractivity contribution in [2.45, 2.75) is 123 Å². The second-order valence-electron chi connectivity index (χ2n) is 13.9. The molecule has 0 saturated heterocycles. The number of pyridine rings is 1. The summed E-state index contributed by atoms with van der Waals surface area (Å²) in [7, 11) is -12.1. The van der Waals surface area contributed by atoms with Crippen LogP contribution in [0.4, 0.5) is 0 Å². The topological polar surface area (TPSA) is 88.7 Å². The molecule has 1 heterocycles. The molecule has 4 atom stereocenters. The molecule has 0 aliphatic rings. The molecule has 0 bridgehead atoms. The van der Waals surface area contributed by atoms with E-state index in [0.29, 0.717) is 26.4 Å². The van der Waals surface area contributed by atoms with Crippen molar-refractivity contribution in [1.29, 1.82) is 0 Å². The molecule has 0 aliphatic carbocycles. The number of aromatic nitrogens is 1. The molecular formula is C28H62NO8Si5+. The minimum Gasteiger partial charge on any atom is -0.437 e. The quantitative estimate of drug-likeness (QED) is 0.0851. The van der Waals surface area contributed by atoms with Crippen molar-refractivity contribution < 1.29 is 40.0 Å². The molecule has 14 heteroatoms. The maximum atomic E-state index is 9.43. The van der Waals surface area contributed by atoms with Gasteiger partial charge in [0.1, 0.15) is 6.54 Å². The first-order valence-electron chi connectivity index (χ1n) is 15.5. The minimum absolute atomic E-state index is 0.0749. The van der Waals surface area contributed by atoms with Crippen molar-refractivity contribution in [3.05, 3.63) is 30.6 Å². The Balaban J connectivity index is 2.93. The zero-order valence-electron chi connectivity index (χ0n) is 28.7. The molecule has 0 spiro atoms. The molecule has 42 heavy (non-hydrogen) atoms. The SMILES string of the molecule is CC(O)COC(C)COCCC[Si](C)(O[Si](C)(C)C)O[Si](C)(OCCCC[n+]1ccccc1)O[Si](C)(C)O[Si](C)(C)C. The van der Waals surface area contributed by atoms with Crippen molar-refractivity contribution in [2.75, 3.05) is 26.4 Å². The highest BCUT2D eigenvalue weighted by atomic mass is 28.5. The molecule has 1 aromatic rings. The zero-order valence-corrected chi connectivity index (χ0v) is 33.7. The monoisotopic (exact) mass is 680 g/mol. The lowest BCUT2D eigenvalue weighted by Gasteiger charge is -2.43. The van der Waals surface area contributed by atoms with Crippen LogP contribution in [0.5, 0.6) is 0 Å². The van der Waals surface area contributed by atoms with Gasteiger partial charge in [-0.1, -0.05) is 6.07 Å². The number of rotatable bonds is 23. The molecule has 0 amide bonds. The summed E-state index contributed by atoms with van der Waals surface area (Å²) in [6, 6.07) is 6.91. The van der Waals surface area contributed by atoms with Crippen LogP contribution in [0.25, 0.3) is 0 Å². The Morgan fingerprint density at radius 2 is 1.31 bits per heavy atom. The molecule has 1 rings (SSSR count). The number of aryl methyl sites for hydroxylation is 1. The van der Waals surface area contributed by atoms with Crippen molar-refractivity contribution in [3.63, 3.8) is 0 Å². The largest absolute Gasteiger partial charge is 0.479 e. The highest BCUT2D eigenvalue weighted by Crippen LogP contribution is 2.30. The number of hydrogen-bond acceptors (Lipinski definition) is 8. The standard InChI is InChI=1S/C28H62NO8Si5/c1-27(30)25-32-28(2)26-31-22-18-24-41(11,35-39(6,7)8)37-42(12,36-40(9,10)34-38(3,4)5)33-23-17-16-21-29-19-14-13-15-20-29/h13-15,19-20,27-28,30H,16-18,21-26H2,1-12H3/q+1. The Hall–Kier alpha value is -0.0856. The molecule has 9 nitrogen and oxygen atoms in total. The van der Waals surface area contributed by atoms with Gasteiger partial charge < -0.3 is 35.5 Å². The lowest BCUT2D eigenvalue weighted by atomic mass is 10.3. The molecule has 4 unspecified atom stereocenters. The Kier molecular flexibility index (Phi) is 17.3. The molecule has 0 fully saturated rings. The number of aliphatic hydroxyl groups is 1. The van der Waals surface area contributed by atoms with Crippen molar-refractivity contribution >= 4 is 42.6 Å². The normalized spacial score (nSPS) is 17.5. The number of nitrogens with zero attached hydrogens (tertiary/aromatic N) is 1. The van der Waals surface area contributed by atoms with Gasteiger partial charge in [-0.15, -0.1) is 0 Å². The van der Waals surface area contributed by atoms with Gasteiger partial charge in [0.2, 0.25) is 0 Å². The zero-order chi connectivity index (χ0) is 32.1. The van der Waals surface area contributed by atoms with Crippen molar-refractivity contribution in [2.24, 2.45) is 0 Å². The summed E-state index contributed by atoms with van der Waals surface area (Å²) < 4.78 is 47.5. The molecule has 1 aromatic heterocycles. The van der Waals surface area contributed by atoms with Crippen molar-refractivity contribution in [1.82, 2.24) is 0 Å². The highest BCUT2D eigenvalue weighted by molar-refractivity contribution is 6.89. The fourth-order valence-corrected chi connectivity index (χ4v) is 26.8. The van der Waals surface area contributed by atoms with Gasteiger partial charge in [-0.3, -0.25) is 0 Å². The third-order valence-electron chi connectivity index (χ3n) is 5.75. The fourth-order valence-electron chi connectivity index (χ4n) is 4.78. The Morgan fingerprint density at radius 1 is 0.690 bits per heavy atom. The minimum atomic E-state index is -3.13. The summed E-state index contributed by atoms with van der Waals surface area (Å²) >= 11 is 0. The van der Waals surface area contributed by atoms with Gasteiger partial charge in [-0.2, -0.15) is 0 Å². The van der Waals surface area contributed by atoms with E-state index in [9.17, 15) is 5.11 Å². The molecule has 246 valence electrons. The van der Waals surface area contributed by atoms with Gasteiger partial charge in [0.15, 0.2) is 29.0 Å². The second-order valence-corrected chi connectivity index (χ2v) is 33.2. The summed E-state index contributed by atoms with van der Waals surface area (Å²) in [5, 5.41) is 9.43. The first-order valence-corrected chi connectivity index (χ1v) is 29.9. The first-order chi connectivity index (χ1) is 19.2. The summed E-state index contributed by atoms with van der Waals surface area (Å²) in [5.41, 5.74) is 0. The van der Waals surface area contributed by atoms with Crippen LogP contribution in [0.3, 0.4) is 0 Å². The molecule has 1 N–H and O–H groups in total. The smallest absolute Gasteiger partial charge is 0.437 e. The van der Waals surface area contributed by atoms with Crippen molar-refractivity contribution in [3.8, 4) is 0 Å². The predicted octanol–water partition coefficient (Wildman–Crippen LogP) is 6.04. The number of ether oxygens (including phenoxy) is 2. The summed E-state index contributed by atoms with van der Waals surface area (Å²) in [6.45, 7) is 28.1. The van der Waals surface area contributed by atoms with Crippen LogP contribution in [0.1, 0.15) is 33.1 Å². The van der Waals surface area contributed by atoms with E-state index in [-0.39, 0.29) is 6.10 Å². The third kappa shape index (κ3) is 20.0. The van der Waals surface area contributed by atoms with Gasteiger partial charge in [-0.05, 0) is 91.7 Å². The van der Waals surface area contributed by atoms with E-state index in [4.69, 9.17) is 30.4 Å². The van der Waals surface area contributed by atoms with E-state index < -0.39 is 48.7 Å². The van der Waals surface area contributed by atoms with Gasteiger partial charge in [0, 0.05) is 38.3 Å². The Bertz CT molecular complexity index is 872. The molecule has 0 aliphatic heterocycles. The third-order valence-corrected chi connectivity index (χ3v) is 23.0. The maximum absolute atomic E-state index is 9.43. The van der Waals surface area contributed by atoms with Gasteiger partial charge in [0.25, 0.3) is 0 Å². The second kappa shape index (κ2) is 18.2. The van der Waals surface area contributed by atoms with Crippen LogP contribution < -0.4 is 4.57 Å². The van der Waals surface area contributed by atoms with Gasteiger partial charge in [-0.25, -0.2) is 4.57 Å². The summed E-state index contributed by atoms with van der Waals surface area (Å²) in [4.78, 5) is 0. The van der Waals surface area contributed by atoms with E-state index >= 15 is 0 Å². The van der Waals surface area contributed by atoms with Crippen LogP contribution >= 0.6 is 0 Å². The Morgan fingerprint density at radius 3 is 1.88 bits per heavy atom. The van der Waals surface area contributed by atoms with E-state index in [1.165, 1.54) is 0 Å². The number of aliphatic hydroxyl groups excluding tert-OH is 1. The van der Waals surface area contributed by atoms with Crippen LogP contribution in [0, 0.1) is 0 Å². The summed E-state index contributed by atoms with van der Waals surface area (Å²) in [5.74, 6) is 0. The Labute approximate surface area is 262 Å². The van der Waals surface area contributed by atoms with Crippen LogP contribution in [0.15, 0.2) is 30.6 Å². The predicted molar refractivity (Wildman–Crippen MR) is 181 cm³/mol. The lowest BCUT2D eigenvalue weighted by Crippen LogP contribution is -2.61. The highest BCUT2D eigenvalue weighted by Gasteiger charge is 2.51.